The van der Waals surface area contributed by atoms with Gasteiger partial charge in [0.25, 0.3) is 6.47 Å². The average Bonchev–Trinajstić information content (AvgIpc) is 2.31. The Labute approximate surface area is 58.5 Å². The molecule has 0 radical (unpaired) electrons. The number of rotatable bonds is 3. The molecule has 1 N–H and O–H groups in total. The van der Waals surface area contributed by atoms with E-state index in [-0.39, 0.29) is 11.8 Å². The minimum absolute atomic E-state index is 0.0412. The highest BCUT2D eigenvalue weighted by Crippen LogP contribution is 2.07. The van der Waals surface area contributed by atoms with Crippen molar-refractivity contribution >= 4 is 12.4 Å². The van der Waals surface area contributed by atoms with Crippen LogP contribution in [0, 0.1) is 5.92 Å². The van der Waals surface area contributed by atoms with Crippen LogP contribution in [0.1, 0.15) is 6.42 Å². The first kappa shape index (κ1) is 7.05. The lowest BCUT2D eigenvalue weighted by molar-refractivity contribution is -0.130. The zero-order valence-corrected chi connectivity index (χ0v) is 5.50. The fourth-order valence-electron chi connectivity index (χ4n) is 0.958. The van der Waals surface area contributed by atoms with Gasteiger partial charge in [-0.1, -0.05) is 0 Å². The molecule has 1 heterocycles. The molecule has 0 aliphatic carbocycles. The second-order valence-electron chi connectivity index (χ2n) is 2.30. The van der Waals surface area contributed by atoms with Crippen molar-refractivity contribution in [1.82, 2.24) is 5.32 Å². The quantitative estimate of drug-likeness (QED) is 0.531. The van der Waals surface area contributed by atoms with Crippen molar-refractivity contribution in [3.8, 4) is 0 Å². The Morgan fingerprint density at radius 2 is 2.60 bits per heavy atom. The SMILES string of the molecule is O=COC[C@@H]1CNC(=O)C1. The number of hydrogen-bond acceptors (Lipinski definition) is 3. The number of nitrogens with one attached hydrogen (secondary N) is 1. The van der Waals surface area contributed by atoms with Crippen molar-refractivity contribution in [3.05, 3.63) is 0 Å². The summed E-state index contributed by atoms with van der Waals surface area (Å²) in [6.45, 7) is 1.39. The van der Waals surface area contributed by atoms with Crippen LogP contribution in [0.5, 0.6) is 0 Å². The maximum Gasteiger partial charge on any atom is 0.293 e. The summed E-state index contributed by atoms with van der Waals surface area (Å²) < 4.78 is 4.49. The molecule has 56 valence electrons. The lowest BCUT2D eigenvalue weighted by Gasteiger charge is -2.02. The molecule has 1 aliphatic heterocycles. The Morgan fingerprint density at radius 3 is 3.10 bits per heavy atom. The second kappa shape index (κ2) is 3.20. The monoisotopic (exact) mass is 143 g/mol. The molecule has 0 spiro atoms. The fraction of sp³-hybridized carbons (Fsp3) is 0.667. The fourth-order valence-corrected chi connectivity index (χ4v) is 0.958. The summed E-state index contributed by atoms with van der Waals surface area (Å²) in [7, 11) is 0. The van der Waals surface area contributed by atoms with Crippen molar-refractivity contribution in [2.24, 2.45) is 5.92 Å². The van der Waals surface area contributed by atoms with Gasteiger partial charge < -0.3 is 10.1 Å². The molecule has 0 saturated carbocycles. The van der Waals surface area contributed by atoms with Gasteiger partial charge in [-0.15, -0.1) is 0 Å². The van der Waals surface area contributed by atoms with Crippen LogP contribution in [0.25, 0.3) is 0 Å². The molecule has 4 heteroatoms. The topological polar surface area (TPSA) is 55.4 Å². The molecular weight excluding hydrogens is 134 g/mol. The molecule has 1 amide bonds. The van der Waals surface area contributed by atoms with E-state index in [1.807, 2.05) is 0 Å². The molecule has 0 aromatic rings. The maximum absolute atomic E-state index is 10.6. The minimum atomic E-state index is 0.0412. The molecule has 1 atom stereocenters. The van der Waals surface area contributed by atoms with Crippen LogP contribution >= 0.6 is 0 Å². The van der Waals surface area contributed by atoms with Gasteiger partial charge in [-0.05, 0) is 0 Å². The number of amides is 1. The van der Waals surface area contributed by atoms with Crippen LogP contribution in [-0.4, -0.2) is 25.5 Å². The van der Waals surface area contributed by atoms with Gasteiger partial charge in [0.15, 0.2) is 0 Å². The summed E-state index contributed by atoms with van der Waals surface area (Å²) in [5.74, 6) is 0.220. The van der Waals surface area contributed by atoms with E-state index in [9.17, 15) is 9.59 Å². The zero-order chi connectivity index (χ0) is 7.40. The molecule has 0 aromatic heterocycles. The summed E-state index contributed by atoms with van der Waals surface area (Å²) >= 11 is 0. The van der Waals surface area contributed by atoms with E-state index in [2.05, 4.69) is 10.1 Å². The zero-order valence-electron chi connectivity index (χ0n) is 5.50. The first-order chi connectivity index (χ1) is 4.83. The van der Waals surface area contributed by atoms with E-state index in [1.165, 1.54) is 0 Å². The smallest absolute Gasteiger partial charge is 0.293 e. The van der Waals surface area contributed by atoms with E-state index in [1.54, 1.807) is 0 Å². The van der Waals surface area contributed by atoms with Crippen LogP contribution < -0.4 is 5.32 Å². The van der Waals surface area contributed by atoms with Gasteiger partial charge in [-0.2, -0.15) is 0 Å². The van der Waals surface area contributed by atoms with Crippen LogP contribution in [-0.2, 0) is 14.3 Å². The highest BCUT2D eigenvalue weighted by Gasteiger charge is 2.21. The molecule has 10 heavy (non-hydrogen) atoms. The van der Waals surface area contributed by atoms with Crippen molar-refractivity contribution < 1.29 is 14.3 Å². The van der Waals surface area contributed by atoms with Gasteiger partial charge >= 0.3 is 0 Å². The molecule has 1 saturated heterocycles. The first-order valence-electron chi connectivity index (χ1n) is 3.15. The molecule has 0 unspecified atom stereocenters. The standard InChI is InChI=1S/C6H9NO3/c8-4-10-3-5-1-6(9)7-2-5/h4-5H,1-3H2,(H,7,9)/t5-/m0/s1. The third-order valence-corrected chi connectivity index (χ3v) is 1.46. The number of carbonyl (C=O) groups is 2. The normalized spacial score (nSPS) is 24.0. The Kier molecular flexibility index (Phi) is 2.25. The Hall–Kier alpha value is -1.06. The lowest BCUT2D eigenvalue weighted by atomic mass is 10.1. The van der Waals surface area contributed by atoms with Crippen molar-refractivity contribution in [2.75, 3.05) is 13.2 Å². The molecule has 4 nitrogen and oxygen atoms in total. The molecule has 0 aromatic carbocycles. The van der Waals surface area contributed by atoms with Crippen molar-refractivity contribution in [2.45, 2.75) is 6.42 Å². The predicted molar refractivity (Wildman–Crippen MR) is 33.1 cm³/mol. The summed E-state index contributed by atoms with van der Waals surface area (Å²) in [6, 6.07) is 0. The molecule has 1 fully saturated rings. The highest BCUT2D eigenvalue weighted by molar-refractivity contribution is 5.78. The van der Waals surface area contributed by atoms with Gasteiger partial charge in [0.1, 0.15) is 0 Å². The summed E-state index contributed by atoms with van der Waals surface area (Å²) in [4.78, 5) is 20.3. The van der Waals surface area contributed by atoms with Crippen LogP contribution in [0.3, 0.4) is 0 Å². The number of carbonyl (C=O) groups excluding carboxylic acids is 2. The van der Waals surface area contributed by atoms with E-state index < -0.39 is 0 Å². The Morgan fingerprint density at radius 1 is 1.80 bits per heavy atom. The Bertz CT molecular complexity index is 146. The van der Waals surface area contributed by atoms with Gasteiger partial charge in [-0.3, -0.25) is 9.59 Å². The largest absolute Gasteiger partial charge is 0.468 e. The van der Waals surface area contributed by atoms with Crippen LogP contribution in [0.15, 0.2) is 0 Å². The third-order valence-electron chi connectivity index (χ3n) is 1.46. The van der Waals surface area contributed by atoms with Crippen LogP contribution in [0.2, 0.25) is 0 Å². The van der Waals surface area contributed by atoms with Gasteiger partial charge in [0.2, 0.25) is 5.91 Å². The second-order valence-corrected chi connectivity index (χ2v) is 2.30. The molecular formula is C6H9NO3. The van der Waals surface area contributed by atoms with E-state index in [4.69, 9.17) is 0 Å². The molecule has 1 aliphatic rings. The lowest BCUT2D eigenvalue weighted by Crippen LogP contribution is -2.15. The van der Waals surface area contributed by atoms with E-state index in [0.29, 0.717) is 26.0 Å². The molecule has 1 rings (SSSR count). The van der Waals surface area contributed by atoms with Gasteiger partial charge in [0, 0.05) is 18.9 Å². The van der Waals surface area contributed by atoms with Gasteiger partial charge in [-0.25, -0.2) is 0 Å². The molecule has 0 bridgehead atoms. The maximum atomic E-state index is 10.6. The van der Waals surface area contributed by atoms with Crippen LogP contribution in [0.4, 0.5) is 0 Å². The summed E-state index contributed by atoms with van der Waals surface area (Å²) in [6.07, 6.45) is 0.480. The minimum Gasteiger partial charge on any atom is -0.468 e. The number of ether oxygens (including phenoxy) is 1. The van der Waals surface area contributed by atoms with Crippen molar-refractivity contribution in [1.29, 1.82) is 0 Å². The number of hydrogen-bond donors (Lipinski definition) is 1. The average molecular weight is 143 g/mol. The summed E-state index contributed by atoms with van der Waals surface area (Å²) in [5.41, 5.74) is 0. The summed E-state index contributed by atoms with van der Waals surface area (Å²) in [5, 5.41) is 2.64. The van der Waals surface area contributed by atoms with E-state index >= 15 is 0 Å². The highest BCUT2D eigenvalue weighted by atomic mass is 16.5. The predicted octanol–water partition coefficient (Wildman–Crippen LogP) is -0.704. The third kappa shape index (κ3) is 1.72. The van der Waals surface area contributed by atoms with Gasteiger partial charge in [0.05, 0.1) is 6.61 Å². The van der Waals surface area contributed by atoms with E-state index in [0.717, 1.165) is 0 Å². The van der Waals surface area contributed by atoms with Crippen molar-refractivity contribution in [3.63, 3.8) is 0 Å². The Balaban J connectivity index is 2.18. The first-order valence-corrected chi connectivity index (χ1v) is 3.15.